The molecule has 2 aromatic rings. The maximum Gasteiger partial charge on any atom is 0.255 e. The number of nitrogens with zero attached hydrogens (tertiary/aromatic N) is 2. The third-order valence-electron chi connectivity index (χ3n) is 3.64. The molecule has 0 radical (unpaired) electrons. The molecule has 0 saturated carbocycles. The maximum atomic E-state index is 12.3. The van der Waals surface area contributed by atoms with E-state index in [1.54, 1.807) is 42.4 Å². The lowest BCUT2D eigenvalue weighted by molar-refractivity contribution is -0.120. The summed E-state index contributed by atoms with van der Waals surface area (Å²) in [6.07, 6.45) is 3.22. The number of benzene rings is 1. The number of amides is 2. The van der Waals surface area contributed by atoms with Crippen molar-refractivity contribution < 1.29 is 9.59 Å². The fraction of sp³-hybridized carbons (Fsp3) is 0.188. The second-order valence-corrected chi connectivity index (χ2v) is 4.99. The predicted molar refractivity (Wildman–Crippen MR) is 78.6 cm³/mol. The molecule has 3 rings (SSSR count). The van der Waals surface area contributed by atoms with Gasteiger partial charge >= 0.3 is 0 Å². The molecule has 1 aromatic heterocycles. The largest absolute Gasteiger partial charge is 0.324 e. The van der Waals surface area contributed by atoms with Crippen LogP contribution in [0.25, 0.3) is 0 Å². The number of nitrogens with one attached hydrogen (secondary N) is 1. The monoisotopic (exact) mass is 281 g/mol. The first-order valence-electron chi connectivity index (χ1n) is 6.76. The maximum absolute atomic E-state index is 12.3. The Bertz CT molecular complexity index is 685. The van der Waals surface area contributed by atoms with E-state index in [0.717, 1.165) is 5.56 Å². The first-order valence-corrected chi connectivity index (χ1v) is 6.76. The van der Waals surface area contributed by atoms with Crippen molar-refractivity contribution in [3.63, 3.8) is 0 Å². The van der Waals surface area contributed by atoms with Crippen molar-refractivity contribution in [1.29, 1.82) is 0 Å². The SMILES string of the molecule is CC(C(=O)Nc1ccncc1)N1Cc2ccccc2C1=O. The molecule has 1 aromatic carbocycles. The molecule has 2 heterocycles. The summed E-state index contributed by atoms with van der Waals surface area (Å²) >= 11 is 0. The Balaban J connectivity index is 1.73. The van der Waals surface area contributed by atoms with Crippen molar-refractivity contribution in [3.8, 4) is 0 Å². The third kappa shape index (κ3) is 2.50. The van der Waals surface area contributed by atoms with Crippen LogP contribution < -0.4 is 5.32 Å². The molecule has 0 saturated heterocycles. The molecule has 0 bridgehead atoms. The summed E-state index contributed by atoms with van der Waals surface area (Å²) in [4.78, 5) is 30.1. The van der Waals surface area contributed by atoms with Gasteiger partial charge in [0, 0.05) is 30.2 Å². The number of hydrogen-bond acceptors (Lipinski definition) is 3. The Hall–Kier alpha value is -2.69. The third-order valence-corrected chi connectivity index (χ3v) is 3.64. The lowest BCUT2D eigenvalue weighted by Crippen LogP contribution is -2.42. The van der Waals surface area contributed by atoms with Crippen molar-refractivity contribution in [2.45, 2.75) is 19.5 Å². The smallest absolute Gasteiger partial charge is 0.255 e. The molecular formula is C16H15N3O2. The van der Waals surface area contributed by atoms with Crippen LogP contribution in [0.4, 0.5) is 5.69 Å². The number of hydrogen-bond donors (Lipinski definition) is 1. The van der Waals surface area contributed by atoms with Gasteiger partial charge < -0.3 is 10.2 Å². The van der Waals surface area contributed by atoms with Gasteiger partial charge in [-0.15, -0.1) is 0 Å². The second kappa shape index (κ2) is 5.36. The summed E-state index contributed by atoms with van der Waals surface area (Å²) in [6.45, 7) is 2.21. The molecule has 5 heteroatoms. The van der Waals surface area contributed by atoms with E-state index in [2.05, 4.69) is 10.3 Å². The Labute approximate surface area is 122 Å². The first-order chi connectivity index (χ1) is 10.2. The van der Waals surface area contributed by atoms with Crippen LogP contribution in [-0.2, 0) is 11.3 Å². The molecule has 1 aliphatic heterocycles. The molecule has 1 aliphatic rings. The molecule has 1 atom stereocenters. The number of rotatable bonds is 3. The van der Waals surface area contributed by atoms with Crippen molar-refractivity contribution in [2.75, 3.05) is 5.32 Å². The number of anilines is 1. The van der Waals surface area contributed by atoms with Gasteiger partial charge in [-0.3, -0.25) is 14.6 Å². The molecule has 106 valence electrons. The zero-order chi connectivity index (χ0) is 14.8. The van der Waals surface area contributed by atoms with Gasteiger partial charge in [0.1, 0.15) is 6.04 Å². The summed E-state index contributed by atoms with van der Waals surface area (Å²) in [6, 6.07) is 10.3. The zero-order valence-electron chi connectivity index (χ0n) is 11.6. The van der Waals surface area contributed by atoms with Gasteiger partial charge in [0.05, 0.1) is 0 Å². The molecule has 1 N–H and O–H groups in total. The minimum Gasteiger partial charge on any atom is -0.324 e. The van der Waals surface area contributed by atoms with Crippen LogP contribution in [0.5, 0.6) is 0 Å². The van der Waals surface area contributed by atoms with Gasteiger partial charge in [-0.1, -0.05) is 18.2 Å². The quantitative estimate of drug-likeness (QED) is 0.936. The van der Waals surface area contributed by atoms with E-state index in [-0.39, 0.29) is 11.8 Å². The Kier molecular flexibility index (Phi) is 3.39. The van der Waals surface area contributed by atoms with Gasteiger partial charge in [-0.2, -0.15) is 0 Å². The van der Waals surface area contributed by atoms with Crippen LogP contribution in [0.3, 0.4) is 0 Å². The van der Waals surface area contributed by atoms with Gasteiger partial charge in [0.15, 0.2) is 0 Å². The van der Waals surface area contributed by atoms with E-state index in [1.807, 2.05) is 18.2 Å². The van der Waals surface area contributed by atoms with Crippen molar-refractivity contribution in [2.24, 2.45) is 0 Å². The number of aromatic nitrogens is 1. The van der Waals surface area contributed by atoms with Crippen molar-refractivity contribution in [1.82, 2.24) is 9.88 Å². The highest BCUT2D eigenvalue weighted by atomic mass is 16.2. The van der Waals surface area contributed by atoms with Crippen LogP contribution in [0, 0.1) is 0 Å². The average Bonchev–Trinajstić information content (AvgIpc) is 2.85. The average molecular weight is 281 g/mol. The standard InChI is InChI=1S/C16H15N3O2/c1-11(15(20)18-13-6-8-17-9-7-13)19-10-12-4-2-3-5-14(12)16(19)21/h2-9,11H,10H2,1H3,(H,17,18,20). The first kappa shape index (κ1) is 13.3. The highest BCUT2D eigenvalue weighted by molar-refractivity contribution is 6.03. The summed E-state index contributed by atoms with van der Waals surface area (Å²) < 4.78 is 0. The van der Waals surface area contributed by atoms with E-state index in [0.29, 0.717) is 17.8 Å². The lowest BCUT2D eigenvalue weighted by atomic mass is 10.1. The second-order valence-electron chi connectivity index (χ2n) is 4.99. The fourth-order valence-corrected chi connectivity index (χ4v) is 2.41. The number of fused-ring (bicyclic) bond motifs is 1. The molecule has 5 nitrogen and oxygen atoms in total. The molecule has 0 aliphatic carbocycles. The summed E-state index contributed by atoms with van der Waals surface area (Å²) in [5.41, 5.74) is 2.32. The zero-order valence-corrected chi connectivity index (χ0v) is 11.6. The van der Waals surface area contributed by atoms with Gasteiger partial charge in [-0.25, -0.2) is 0 Å². The van der Waals surface area contributed by atoms with E-state index < -0.39 is 6.04 Å². The van der Waals surface area contributed by atoms with Gasteiger partial charge in [-0.05, 0) is 30.7 Å². The number of carbonyl (C=O) groups excluding carboxylic acids is 2. The van der Waals surface area contributed by atoms with E-state index in [9.17, 15) is 9.59 Å². The van der Waals surface area contributed by atoms with Gasteiger partial charge in [0.2, 0.25) is 5.91 Å². The topological polar surface area (TPSA) is 62.3 Å². The minimum absolute atomic E-state index is 0.0945. The molecule has 2 amide bonds. The Morgan fingerprint density at radius 3 is 2.67 bits per heavy atom. The normalized spacial score (nSPS) is 14.7. The molecule has 0 spiro atoms. The fourth-order valence-electron chi connectivity index (χ4n) is 2.41. The number of carbonyl (C=O) groups is 2. The summed E-state index contributed by atoms with van der Waals surface area (Å²) in [5.74, 6) is -0.301. The van der Waals surface area contributed by atoms with Crippen LogP contribution in [-0.4, -0.2) is 27.7 Å². The summed E-state index contributed by atoms with van der Waals surface area (Å²) in [7, 11) is 0. The van der Waals surface area contributed by atoms with Crippen molar-refractivity contribution in [3.05, 3.63) is 59.9 Å². The number of pyridine rings is 1. The van der Waals surface area contributed by atoms with Crippen LogP contribution in [0.2, 0.25) is 0 Å². The highest BCUT2D eigenvalue weighted by Gasteiger charge is 2.33. The lowest BCUT2D eigenvalue weighted by Gasteiger charge is -2.23. The highest BCUT2D eigenvalue weighted by Crippen LogP contribution is 2.24. The summed E-state index contributed by atoms with van der Waals surface area (Å²) in [5, 5.41) is 2.79. The molecule has 1 unspecified atom stereocenters. The van der Waals surface area contributed by atoms with Crippen LogP contribution in [0.1, 0.15) is 22.8 Å². The Morgan fingerprint density at radius 2 is 1.95 bits per heavy atom. The Morgan fingerprint density at radius 1 is 1.24 bits per heavy atom. The van der Waals surface area contributed by atoms with E-state index in [1.165, 1.54) is 0 Å². The van der Waals surface area contributed by atoms with Gasteiger partial charge in [0.25, 0.3) is 5.91 Å². The molecular weight excluding hydrogens is 266 g/mol. The van der Waals surface area contributed by atoms with E-state index >= 15 is 0 Å². The molecule has 21 heavy (non-hydrogen) atoms. The van der Waals surface area contributed by atoms with Crippen molar-refractivity contribution >= 4 is 17.5 Å². The predicted octanol–water partition coefficient (Wildman–Crippen LogP) is 2.06. The van der Waals surface area contributed by atoms with Crippen LogP contribution in [0.15, 0.2) is 48.8 Å². The van der Waals surface area contributed by atoms with Crippen LogP contribution >= 0.6 is 0 Å². The minimum atomic E-state index is -0.530. The molecule has 0 fully saturated rings. The van der Waals surface area contributed by atoms with E-state index in [4.69, 9.17) is 0 Å².